The molecule has 0 saturated heterocycles. The second-order valence-corrected chi connectivity index (χ2v) is 15.2. The molecule has 0 aliphatic carbocycles. The maximum absolute atomic E-state index is 2.37. The molecule has 3 aromatic heterocycles. The highest BCUT2D eigenvalue weighted by atomic mass is 32.1. The molecule has 0 bridgehead atoms. The lowest BCUT2D eigenvalue weighted by atomic mass is 10.1. The standard InChI is InChI=1S/C48H32N2S2/c1-2-10-33(11-3-1)46-30-31-47(51-46)34-18-22-37(23-19-34)49(38-24-20-35(21-25-38)48-32-36-12-4-9-17-45(36)52-48)39-26-28-40(29-27-39)50-43-15-7-5-13-41(43)42-14-6-8-16-44(42)50/h1-32H. The summed E-state index contributed by atoms with van der Waals surface area (Å²) in [6, 6.07) is 70.3. The zero-order chi connectivity index (χ0) is 34.4. The van der Waals surface area contributed by atoms with Crippen molar-refractivity contribution in [3.8, 4) is 37.0 Å². The smallest absolute Gasteiger partial charge is 0.0541 e. The summed E-state index contributed by atoms with van der Waals surface area (Å²) in [5.41, 5.74) is 10.6. The third-order valence-corrected chi connectivity index (χ3v) is 12.2. The van der Waals surface area contributed by atoms with Gasteiger partial charge in [-0.25, -0.2) is 0 Å². The molecule has 0 fully saturated rings. The van der Waals surface area contributed by atoms with Crippen LogP contribution in [0.15, 0.2) is 194 Å². The van der Waals surface area contributed by atoms with E-state index in [1.165, 1.54) is 63.2 Å². The van der Waals surface area contributed by atoms with Gasteiger partial charge in [0.05, 0.1) is 11.0 Å². The first-order valence-corrected chi connectivity index (χ1v) is 19.1. The average molecular weight is 701 g/mol. The molecule has 0 N–H and O–H groups in total. The zero-order valence-corrected chi connectivity index (χ0v) is 29.8. The van der Waals surface area contributed by atoms with Crippen LogP contribution in [0.2, 0.25) is 0 Å². The van der Waals surface area contributed by atoms with Crippen LogP contribution in [-0.2, 0) is 0 Å². The molecule has 10 rings (SSSR count). The number of aromatic nitrogens is 1. The van der Waals surface area contributed by atoms with E-state index >= 15 is 0 Å². The Balaban J connectivity index is 1.04. The van der Waals surface area contributed by atoms with Crippen LogP contribution in [0.3, 0.4) is 0 Å². The van der Waals surface area contributed by atoms with E-state index in [2.05, 4.69) is 204 Å². The summed E-state index contributed by atoms with van der Waals surface area (Å²) < 4.78 is 3.69. The third kappa shape index (κ3) is 5.41. The van der Waals surface area contributed by atoms with Gasteiger partial charge in [-0.15, -0.1) is 22.7 Å². The number of rotatable bonds is 7. The van der Waals surface area contributed by atoms with Crippen LogP contribution in [0, 0.1) is 0 Å². The number of para-hydroxylation sites is 2. The van der Waals surface area contributed by atoms with Gasteiger partial charge in [-0.1, -0.05) is 109 Å². The molecule has 3 heterocycles. The molecule has 0 aliphatic rings. The van der Waals surface area contributed by atoms with Gasteiger partial charge in [0.2, 0.25) is 0 Å². The molecule has 0 atom stereocenters. The van der Waals surface area contributed by atoms with Crippen LogP contribution in [0.5, 0.6) is 0 Å². The fourth-order valence-electron chi connectivity index (χ4n) is 7.32. The van der Waals surface area contributed by atoms with Gasteiger partial charge in [-0.3, -0.25) is 0 Å². The number of thiophene rings is 2. The predicted molar refractivity (Wildman–Crippen MR) is 225 cm³/mol. The van der Waals surface area contributed by atoms with Gasteiger partial charge >= 0.3 is 0 Å². The molecular weight excluding hydrogens is 669 g/mol. The third-order valence-electron chi connectivity index (χ3n) is 9.86. The van der Waals surface area contributed by atoms with Gasteiger partial charge < -0.3 is 9.47 Å². The molecular formula is C48H32N2S2. The van der Waals surface area contributed by atoms with E-state index in [1.807, 2.05) is 22.7 Å². The first-order valence-electron chi connectivity index (χ1n) is 17.5. The van der Waals surface area contributed by atoms with E-state index in [4.69, 9.17) is 0 Å². The van der Waals surface area contributed by atoms with E-state index in [9.17, 15) is 0 Å². The van der Waals surface area contributed by atoms with Crippen molar-refractivity contribution in [3.63, 3.8) is 0 Å². The Morgan fingerprint density at radius 2 is 0.846 bits per heavy atom. The van der Waals surface area contributed by atoms with Crippen molar-refractivity contribution < 1.29 is 0 Å². The lowest BCUT2D eigenvalue weighted by Gasteiger charge is -2.26. The quantitative estimate of drug-likeness (QED) is 0.161. The maximum atomic E-state index is 2.37. The molecule has 0 saturated carbocycles. The fraction of sp³-hybridized carbons (Fsp3) is 0. The average Bonchev–Trinajstić information content (AvgIpc) is 3.96. The molecule has 52 heavy (non-hydrogen) atoms. The SMILES string of the molecule is c1ccc(-c2ccc(-c3ccc(N(c4ccc(-c5cc6ccccc6s5)cc4)c4ccc(-n5c6ccccc6c6ccccc65)cc4)cc3)s2)cc1. The summed E-state index contributed by atoms with van der Waals surface area (Å²) in [5.74, 6) is 0. The summed E-state index contributed by atoms with van der Waals surface area (Å²) in [6.45, 7) is 0. The molecule has 246 valence electrons. The van der Waals surface area contributed by atoms with E-state index < -0.39 is 0 Å². The van der Waals surface area contributed by atoms with Crippen molar-refractivity contribution in [3.05, 3.63) is 194 Å². The van der Waals surface area contributed by atoms with Gasteiger partial charge in [0.15, 0.2) is 0 Å². The summed E-state index contributed by atoms with van der Waals surface area (Å²) in [5, 5.41) is 3.83. The van der Waals surface area contributed by atoms with E-state index in [-0.39, 0.29) is 0 Å². The number of anilines is 3. The van der Waals surface area contributed by atoms with Crippen molar-refractivity contribution in [2.45, 2.75) is 0 Å². The number of benzene rings is 7. The van der Waals surface area contributed by atoms with Crippen molar-refractivity contribution in [1.29, 1.82) is 0 Å². The van der Waals surface area contributed by atoms with Gasteiger partial charge in [-0.2, -0.15) is 0 Å². The minimum absolute atomic E-state index is 1.11. The van der Waals surface area contributed by atoms with Crippen molar-refractivity contribution in [2.75, 3.05) is 4.90 Å². The van der Waals surface area contributed by atoms with Crippen LogP contribution < -0.4 is 4.90 Å². The number of hydrogen-bond acceptors (Lipinski definition) is 3. The normalized spacial score (nSPS) is 11.5. The molecule has 0 unspecified atom stereocenters. The highest BCUT2D eigenvalue weighted by molar-refractivity contribution is 7.22. The number of hydrogen-bond donors (Lipinski definition) is 0. The molecule has 2 nitrogen and oxygen atoms in total. The van der Waals surface area contributed by atoms with Crippen LogP contribution in [0.1, 0.15) is 0 Å². The molecule has 0 aliphatic heterocycles. The topological polar surface area (TPSA) is 8.17 Å². The van der Waals surface area contributed by atoms with E-state index in [0.717, 1.165) is 22.7 Å². The first kappa shape index (κ1) is 30.6. The minimum atomic E-state index is 1.11. The van der Waals surface area contributed by atoms with Gasteiger partial charge in [0.25, 0.3) is 0 Å². The Bertz CT molecular complexity index is 2740. The Hall–Kier alpha value is -6.20. The monoisotopic (exact) mass is 700 g/mol. The van der Waals surface area contributed by atoms with E-state index in [0.29, 0.717) is 0 Å². The maximum Gasteiger partial charge on any atom is 0.0541 e. The Labute approximate surface area is 310 Å². The molecule has 0 amide bonds. The Morgan fingerprint density at radius 3 is 1.44 bits per heavy atom. The van der Waals surface area contributed by atoms with Crippen LogP contribution in [0.25, 0.3) is 68.9 Å². The largest absolute Gasteiger partial charge is 0.311 e. The summed E-state index contributed by atoms with van der Waals surface area (Å²) in [6.07, 6.45) is 0. The predicted octanol–water partition coefficient (Wildman–Crippen LogP) is 14.5. The Kier molecular flexibility index (Phi) is 7.56. The Morgan fingerprint density at radius 1 is 0.365 bits per heavy atom. The lowest BCUT2D eigenvalue weighted by molar-refractivity contribution is 1.17. The van der Waals surface area contributed by atoms with Crippen molar-refractivity contribution >= 4 is 71.6 Å². The zero-order valence-electron chi connectivity index (χ0n) is 28.2. The molecule has 0 spiro atoms. The lowest BCUT2D eigenvalue weighted by Crippen LogP contribution is -2.10. The van der Waals surface area contributed by atoms with Crippen LogP contribution in [-0.4, -0.2) is 4.57 Å². The van der Waals surface area contributed by atoms with Crippen LogP contribution in [0.4, 0.5) is 17.1 Å². The van der Waals surface area contributed by atoms with Crippen LogP contribution >= 0.6 is 22.7 Å². The fourth-order valence-corrected chi connectivity index (χ4v) is 9.41. The van der Waals surface area contributed by atoms with Gasteiger partial charge in [-0.05, 0) is 107 Å². The molecule has 4 heteroatoms. The van der Waals surface area contributed by atoms with Gasteiger partial charge in [0, 0.05) is 52.9 Å². The number of nitrogens with zero attached hydrogens (tertiary/aromatic N) is 2. The van der Waals surface area contributed by atoms with E-state index in [1.54, 1.807) is 0 Å². The highest BCUT2D eigenvalue weighted by Gasteiger charge is 2.16. The highest BCUT2D eigenvalue weighted by Crippen LogP contribution is 2.41. The van der Waals surface area contributed by atoms with Gasteiger partial charge in [0.1, 0.15) is 0 Å². The molecule has 7 aromatic carbocycles. The van der Waals surface area contributed by atoms with Crippen molar-refractivity contribution in [1.82, 2.24) is 4.57 Å². The summed E-state index contributed by atoms with van der Waals surface area (Å²) in [7, 11) is 0. The molecule has 10 aromatic rings. The summed E-state index contributed by atoms with van der Waals surface area (Å²) >= 11 is 3.68. The number of fused-ring (bicyclic) bond motifs is 4. The second kappa shape index (κ2) is 12.8. The second-order valence-electron chi connectivity index (χ2n) is 13.0. The summed E-state index contributed by atoms with van der Waals surface area (Å²) in [4.78, 5) is 6.19. The van der Waals surface area contributed by atoms with Crippen molar-refractivity contribution in [2.24, 2.45) is 0 Å². The minimum Gasteiger partial charge on any atom is -0.311 e. The first-order chi connectivity index (χ1) is 25.8. The molecule has 0 radical (unpaired) electrons.